The Kier molecular flexibility index (Phi) is 7.00. The van der Waals surface area contributed by atoms with E-state index in [2.05, 4.69) is 11.8 Å². The van der Waals surface area contributed by atoms with E-state index in [9.17, 15) is 4.79 Å². The van der Waals surface area contributed by atoms with Gasteiger partial charge in [-0.1, -0.05) is 11.8 Å². The van der Waals surface area contributed by atoms with Crippen LogP contribution in [0.5, 0.6) is 0 Å². The van der Waals surface area contributed by atoms with Crippen molar-refractivity contribution in [1.82, 2.24) is 4.90 Å². The third-order valence-electron chi connectivity index (χ3n) is 2.71. The van der Waals surface area contributed by atoms with Gasteiger partial charge in [0.2, 0.25) is 0 Å². The van der Waals surface area contributed by atoms with Crippen LogP contribution in [0.4, 0.5) is 0 Å². The van der Waals surface area contributed by atoms with Crippen molar-refractivity contribution in [3.63, 3.8) is 0 Å². The van der Waals surface area contributed by atoms with Gasteiger partial charge in [-0.05, 0) is 24.6 Å². The minimum absolute atomic E-state index is 0.0184. The zero-order valence-corrected chi connectivity index (χ0v) is 13.1. The first-order valence-electron chi connectivity index (χ1n) is 6.05. The van der Waals surface area contributed by atoms with Gasteiger partial charge in [-0.25, -0.2) is 0 Å². The maximum Gasteiger partial charge on any atom is 0.265 e. The summed E-state index contributed by atoms with van der Waals surface area (Å²) >= 11 is 3.14. The fraction of sp³-hybridized carbons (Fsp3) is 0.500. The Morgan fingerprint density at radius 1 is 1.63 bits per heavy atom. The van der Waals surface area contributed by atoms with Crippen molar-refractivity contribution in [1.29, 1.82) is 0 Å². The van der Waals surface area contributed by atoms with Crippen LogP contribution in [0.3, 0.4) is 0 Å². The third kappa shape index (κ3) is 4.57. The summed E-state index contributed by atoms with van der Waals surface area (Å²) in [4.78, 5) is 14.8. The maximum absolute atomic E-state index is 12.4. The molecule has 3 nitrogen and oxygen atoms in total. The smallest absolute Gasteiger partial charge is 0.265 e. The molecule has 0 saturated carbocycles. The van der Waals surface area contributed by atoms with Gasteiger partial charge in [0.15, 0.2) is 0 Å². The number of nitrogens with zero attached hydrogens (tertiary/aromatic N) is 1. The lowest BCUT2D eigenvalue weighted by Gasteiger charge is -2.23. The molecule has 0 saturated heterocycles. The van der Waals surface area contributed by atoms with Crippen LogP contribution in [0.15, 0.2) is 11.4 Å². The summed E-state index contributed by atoms with van der Waals surface area (Å²) in [6, 6.07) is 2.05. The number of amides is 1. The Bertz CT molecular complexity index is 473. The van der Waals surface area contributed by atoms with E-state index in [4.69, 9.17) is 5.11 Å². The predicted octanol–water partition coefficient (Wildman–Crippen LogP) is 2.31. The Hall–Kier alpha value is -0.960. The lowest BCUT2D eigenvalue weighted by molar-refractivity contribution is 0.0762. The van der Waals surface area contributed by atoms with E-state index in [0.717, 1.165) is 11.3 Å². The number of carbonyl (C=O) groups is 1. The molecular formula is C14H19NO2S2. The third-order valence-corrected chi connectivity index (χ3v) is 4.43. The lowest BCUT2D eigenvalue weighted by Crippen LogP contribution is -2.36. The zero-order chi connectivity index (χ0) is 14.3. The van der Waals surface area contributed by atoms with E-state index in [1.807, 2.05) is 31.7 Å². The fourth-order valence-corrected chi connectivity index (χ4v) is 3.04. The predicted molar refractivity (Wildman–Crippen MR) is 82.8 cm³/mol. The second-order valence-electron chi connectivity index (χ2n) is 4.16. The molecule has 5 heteroatoms. The van der Waals surface area contributed by atoms with E-state index in [0.29, 0.717) is 11.3 Å². The molecule has 0 spiro atoms. The highest BCUT2D eigenvalue weighted by Gasteiger charge is 2.20. The Labute approximate surface area is 123 Å². The van der Waals surface area contributed by atoms with Crippen molar-refractivity contribution >= 4 is 29.0 Å². The Morgan fingerprint density at radius 3 is 3.00 bits per heavy atom. The van der Waals surface area contributed by atoms with Crippen LogP contribution >= 0.6 is 23.1 Å². The molecule has 1 heterocycles. The molecule has 0 aromatic carbocycles. The maximum atomic E-state index is 12.4. The summed E-state index contributed by atoms with van der Waals surface area (Å²) in [6.45, 7) is 2.09. The fourth-order valence-electron chi connectivity index (χ4n) is 1.50. The van der Waals surface area contributed by atoms with E-state index in [1.165, 1.54) is 11.3 Å². The van der Waals surface area contributed by atoms with E-state index < -0.39 is 0 Å². The van der Waals surface area contributed by atoms with Crippen LogP contribution in [-0.4, -0.2) is 47.6 Å². The molecule has 0 bridgehead atoms. The van der Waals surface area contributed by atoms with Gasteiger partial charge in [-0.2, -0.15) is 11.8 Å². The average molecular weight is 297 g/mol. The molecule has 1 amide bonds. The number of thioether (sulfide) groups is 1. The second-order valence-corrected chi connectivity index (χ2v) is 5.99. The molecule has 0 fully saturated rings. The van der Waals surface area contributed by atoms with Crippen molar-refractivity contribution < 1.29 is 9.90 Å². The van der Waals surface area contributed by atoms with Gasteiger partial charge < -0.3 is 10.0 Å². The molecule has 1 aromatic heterocycles. The first kappa shape index (κ1) is 16.1. The highest BCUT2D eigenvalue weighted by atomic mass is 32.2. The van der Waals surface area contributed by atoms with Gasteiger partial charge in [-0.15, -0.1) is 11.3 Å². The van der Waals surface area contributed by atoms with Crippen molar-refractivity contribution in [2.45, 2.75) is 19.4 Å². The topological polar surface area (TPSA) is 40.5 Å². The molecular weight excluding hydrogens is 278 g/mol. The number of rotatable bonds is 5. The van der Waals surface area contributed by atoms with Crippen LogP contribution in [-0.2, 0) is 0 Å². The summed E-state index contributed by atoms with van der Waals surface area (Å²) < 4.78 is 0. The van der Waals surface area contributed by atoms with Crippen LogP contribution in [0.25, 0.3) is 0 Å². The van der Waals surface area contributed by atoms with Gasteiger partial charge >= 0.3 is 0 Å². The minimum Gasteiger partial charge on any atom is -0.395 e. The van der Waals surface area contributed by atoms with Crippen LogP contribution < -0.4 is 0 Å². The number of aliphatic hydroxyl groups is 1. The normalized spacial score (nSPS) is 11.6. The monoisotopic (exact) mass is 297 g/mol. The van der Waals surface area contributed by atoms with Crippen molar-refractivity contribution in [2.75, 3.05) is 25.7 Å². The molecule has 0 aliphatic carbocycles. The highest BCUT2D eigenvalue weighted by Crippen LogP contribution is 2.19. The van der Waals surface area contributed by atoms with Crippen molar-refractivity contribution in [3.05, 3.63) is 21.9 Å². The summed E-state index contributed by atoms with van der Waals surface area (Å²) in [5.74, 6) is 6.74. The van der Waals surface area contributed by atoms with Gasteiger partial charge in [0, 0.05) is 30.8 Å². The van der Waals surface area contributed by atoms with E-state index in [1.54, 1.807) is 16.7 Å². The molecule has 1 rings (SSSR count). The average Bonchev–Trinajstić information content (AvgIpc) is 2.86. The van der Waals surface area contributed by atoms with Crippen LogP contribution in [0.1, 0.15) is 28.6 Å². The van der Waals surface area contributed by atoms with Gasteiger partial charge in [0.05, 0.1) is 6.61 Å². The van der Waals surface area contributed by atoms with Crippen molar-refractivity contribution in [3.8, 4) is 11.8 Å². The molecule has 1 aromatic rings. The van der Waals surface area contributed by atoms with Gasteiger partial charge in [-0.3, -0.25) is 4.79 Å². The summed E-state index contributed by atoms with van der Waals surface area (Å²) in [7, 11) is 1.83. The molecule has 1 atom stereocenters. The quantitative estimate of drug-likeness (QED) is 0.848. The van der Waals surface area contributed by atoms with E-state index >= 15 is 0 Å². The van der Waals surface area contributed by atoms with Crippen molar-refractivity contribution in [2.24, 2.45) is 0 Å². The summed E-state index contributed by atoms with van der Waals surface area (Å²) in [6.07, 6.45) is 2.47. The molecule has 1 N–H and O–H groups in total. The largest absolute Gasteiger partial charge is 0.395 e. The zero-order valence-electron chi connectivity index (χ0n) is 11.5. The summed E-state index contributed by atoms with van der Waals surface area (Å²) in [5, 5.41) is 10.6. The number of carbonyl (C=O) groups excluding carboxylic acids is 1. The molecule has 1 unspecified atom stereocenters. The summed E-state index contributed by atoms with van der Waals surface area (Å²) in [5.41, 5.74) is 0.756. The lowest BCUT2D eigenvalue weighted by atomic mass is 10.2. The van der Waals surface area contributed by atoms with Gasteiger partial charge in [0.1, 0.15) is 4.88 Å². The Balaban J connectivity index is 2.83. The molecule has 104 valence electrons. The van der Waals surface area contributed by atoms with Crippen LogP contribution in [0, 0.1) is 11.8 Å². The number of aliphatic hydroxyl groups excluding tert-OH is 1. The van der Waals surface area contributed by atoms with Gasteiger partial charge in [0.25, 0.3) is 5.91 Å². The first-order valence-corrected chi connectivity index (χ1v) is 8.32. The highest BCUT2D eigenvalue weighted by molar-refractivity contribution is 7.98. The standard InChI is InChI=1S/C14H19NO2S2/c1-11(10-18-3)15(2)14(17)13-12(7-9-19-13)6-4-5-8-16/h7,9,11,16H,5,8,10H2,1-3H3. The number of hydrogen-bond donors (Lipinski definition) is 1. The second kappa shape index (κ2) is 8.26. The number of hydrogen-bond acceptors (Lipinski definition) is 4. The molecule has 0 radical (unpaired) electrons. The first-order chi connectivity index (χ1) is 9.11. The minimum atomic E-state index is 0.0184. The van der Waals surface area contributed by atoms with Crippen LogP contribution in [0.2, 0.25) is 0 Å². The molecule has 19 heavy (non-hydrogen) atoms. The van der Waals surface area contributed by atoms with E-state index in [-0.39, 0.29) is 18.6 Å². The molecule has 0 aliphatic rings. The SMILES string of the molecule is CSCC(C)N(C)C(=O)c1sccc1C#CCCO. The molecule has 0 aliphatic heterocycles. The Morgan fingerprint density at radius 2 is 2.37 bits per heavy atom. The number of thiophene rings is 1.